The number of hydrogen-bond donors (Lipinski definition) is 2. The number of nitrogens with two attached hydrogens (primary N) is 1. The highest BCUT2D eigenvalue weighted by atomic mass is 35.5. The van der Waals surface area contributed by atoms with Crippen LogP contribution in [-0.2, 0) is 16.1 Å². The van der Waals surface area contributed by atoms with Gasteiger partial charge in [-0.3, -0.25) is 29.0 Å². The number of ketones is 1. The summed E-state index contributed by atoms with van der Waals surface area (Å²) in [6.07, 6.45) is 3.45. The minimum absolute atomic E-state index is 0.0223. The molecule has 9 nitrogen and oxygen atoms in total. The molecule has 2 aromatic carbocycles. The Bertz CT molecular complexity index is 1840. The molecular weight excluding hydrogens is 571 g/mol. The summed E-state index contributed by atoms with van der Waals surface area (Å²) in [7, 11) is 0. The number of anilines is 1. The summed E-state index contributed by atoms with van der Waals surface area (Å²) in [5, 5.41) is 8.26. The molecule has 3 aromatic heterocycles. The van der Waals surface area contributed by atoms with E-state index in [-0.39, 0.29) is 30.9 Å². The predicted molar refractivity (Wildman–Crippen MR) is 161 cm³/mol. The maximum atomic E-state index is 14.7. The van der Waals surface area contributed by atoms with Crippen LogP contribution < -0.4 is 11.1 Å². The van der Waals surface area contributed by atoms with Crippen molar-refractivity contribution in [2.45, 2.75) is 25.6 Å². The van der Waals surface area contributed by atoms with E-state index in [0.717, 1.165) is 16.7 Å². The van der Waals surface area contributed by atoms with Crippen LogP contribution in [0.1, 0.15) is 23.3 Å². The van der Waals surface area contributed by atoms with Gasteiger partial charge in [-0.2, -0.15) is 5.10 Å². The lowest BCUT2D eigenvalue weighted by Gasteiger charge is -2.19. The molecule has 0 radical (unpaired) electrons. The molecule has 3 atom stereocenters. The molecule has 0 aliphatic heterocycles. The van der Waals surface area contributed by atoms with Gasteiger partial charge in [0.15, 0.2) is 11.5 Å². The van der Waals surface area contributed by atoms with E-state index < -0.39 is 29.8 Å². The smallest absolute Gasteiger partial charge is 0.269 e. The topological polar surface area (TPSA) is 133 Å². The third-order valence-electron chi connectivity index (χ3n) is 7.74. The first kappa shape index (κ1) is 28.2. The fraction of sp³-hybridized carbons (Fsp3) is 0.188. The van der Waals surface area contributed by atoms with Crippen LogP contribution in [0.25, 0.3) is 33.3 Å². The van der Waals surface area contributed by atoms with Gasteiger partial charge in [0.25, 0.3) is 5.91 Å². The lowest BCUT2D eigenvalue weighted by atomic mass is 9.90. The first-order valence-electron chi connectivity index (χ1n) is 13.7. The lowest BCUT2D eigenvalue weighted by Crippen LogP contribution is -2.32. The van der Waals surface area contributed by atoms with Crippen molar-refractivity contribution < 1.29 is 18.8 Å². The molecule has 2 amide bonds. The molecule has 1 aliphatic carbocycles. The largest absolute Gasteiger partial charge is 0.364 e. The summed E-state index contributed by atoms with van der Waals surface area (Å²) in [6, 6.07) is 19.5. The van der Waals surface area contributed by atoms with Crippen molar-refractivity contribution in [3.8, 4) is 22.4 Å². The number of fused-ring (bicyclic) bond motifs is 1. The van der Waals surface area contributed by atoms with Gasteiger partial charge >= 0.3 is 0 Å². The molecule has 43 heavy (non-hydrogen) atoms. The molecule has 1 saturated carbocycles. The summed E-state index contributed by atoms with van der Waals surface area (Å²) in [5.41, 5.74) is 9.59. The highest BCUT2D eigenvalue weighted by Gasteiger charge is 2.43. The molecule has 0 bridgehead atoms. The van der Waals surface area contributed by atoms with Crippen LogP contribution in [0.3, 0.4) is 0 Å². The van der Waals surface area contributed by atoms with Gasteiger partial charge in [-0.05, 0) is 72.5 Å². The second-order valence-electron chi connectivity index (χ2n) is 10.5. The summed E-state index contributed by atoms with van der Waals surface area (Å²) in [5.74, 6) is -3.33. The second-order valence-corrected chi connectivity index (χ2v) is 10.9. The minimum Gasteiger partial charge on any atom is -0.364 e. The zero-order valence-electron chi connectivity index (χ0n) is 22.8. The van der Waals surface area contributed by atoms with Crippen LogP contribution in [0.4, 0.5) is 10.1 Å². The number of nitrogens with one attached hydrogen (secondary N) is 1. The maximum absolute atomic E-state index is 14.7. The Kier molecular flexibility index (Phi) is 7.69. The van der Waals surface area contributed by atoms with Gasteiger partial charge < -0.3 is 11.1 Å². The van der Waals surface area contributed by atoms with Gasteiger partial charge in [0, 0.05) is 40.5 Å². The van der Waals surface area contributed by atoms with Gasteiger partial charge in [-0.25, -0.2) is 4.39 Å². The molecule has 216 valence electrons. The number of halogens is 2. The lowest BCUT2D eigenvalue weighted by molar-refractivity contribution is -0.130. The summed E-state index contributed by atoms with van der Waals surface area (Å²) in [4.78, 5) is 47.8. The Morgan fingerprint density at radius 1 is 0.930 bits per heavy atom. The van der Waals surface area contributed by atoms with Crippen LogP contribution in [0.2, 0.25) is 5.02 Å². The Morgan fingerprint density at radius 3 is 2.40 bits per heavy atom. The van der Waals surface area contributed by atoms with E-state index >= 15 is 0 Å². The number of rotatable bonds is 8. The van der Waals surface area contributed by atoms with Crippen molar-refractivity contribution in [3.63, 3.8) is 0 Å². The van der Waals surface area contributed by atoms with Crippen LogP contribution in [0.5, 0.6) is 0 Å². The predicted octanol–water partition coefficient (Wildman–Crippen LogP) is 5.48. The van der Waals surface area contributed by atoms with Crippen molar-refractivity contribution >= 4 is 45.8 Å². The molecule has 0 saturated heterocycles. The van der Waals surface area contributed by atoms with Crippen molar-refractivity contribution in [2.75, 3.05) is 5.32 Å². The average molecular weight is 597 g/mol. The molecule has 3 unspecified atom stereocenters. The van der Waals surface area contributed by atoms with E-state index in [2.05, 4.69) is 20.4 Å². The van der Waals surface area contributed by atoms with E-state index in [4.69, 9.17) is 17.3 Å². The average Bonchev–Trinajstić information content (AvgIpc) is 3.59. The quantitative estimate of drug-likeness (QED) is 0.244. The number of hydrogen-bond acceptors (Lipinski definition) is 6. The van der Waals surface area contributed by atoms with Gasteiger partial charge in [0.05, 0.1) is 22.8 Å². The minimum atomic E-state index is -1.31. The number of pyridine rings is 2. The Hall–Kier alpha value is -4.96. The molecule has 3 N–H and O–H groups in total. The number of alkyl halides is 1. The van der Waals surface area contributed by atoms with Crippen LogP contribution >= 0.6 is 11.6 Å². The second kappa shape index (κ2) is 11.7. The zero-order chi connectivity index (χ0) is 30.1. The number of nitrogens with zero attached hydrogens (tertiary/aromatic N) is 4. The van der Waals surface area contributed by atoms with Gasteiger partial charge in [0.2, 0.25) is 5.91 Å². The third kappa shape index (κ3) is 5.74. The third-order valence-corrected chi connectivity index (χ3v) is 7.99. The first-order valence-corrected chi connectivity index (χ1v) is 14.1. The van der Waals surface area contributed by atoms with Crippen LogP contribution in [0, 0.1) is 11.8 Å². The highest BCUT2D eigenvalue weighted by molar-refractivity contribution is 6.30. The molecule has 0 spiro atoms. The zero-order valence-corrected chi connectivity index (χ0v) is 23.5. The van der Waals surface area contributed by atoms with Gasteiger partial charge in [0.1, 0.15) is 12.7 Å². The van der Waals surface area contributed by atoms with E-state index in [1.54, 1.807) is 67.1 Å². The normalized spacial score (nSPS) is 18.0. The fourth-order valence-electron chi connectivity index (χ4n) is 5.66. The van der Waals surface area contributed by atoms with E-state index in [0.29, 0.717) is 27.3 Å². The van der Waals surface area contributed by atoms with Crippen molar-refractivity contribution in [3.05, 3.63) is 96.0 Å². The van der Waals surface area contributed by atoms with E-state index in [9.17, 15) is 18.8 Å². The number of carbonyl (C=O) groups is 3. The Morgan fingerprint density at radius 2 is 1.65 bits per heavy atom. The molecular formula is C32H26ClFN6O3. The SMILES string of the molecule is NC(=O)c1nn(CC(=O)C2CC(F)CC2C(=O)Nc2cccnc2-c2ccc(Cl)cc2)c2ccc(-c3ccncc3)cc12. The van der Waals surface area contributed by atoms with Crippen LogP contribution in [-0.4, -0.2) is 43.5 Å². The number of primary amides is 1. The standard InChI is InChI=1S/C32H26ClFN6O3/c33-21-6-3-19(4-7-21)29-26(2-1-11-37-29)38-32(43)24-16-22(34)15-23(24)28(41)17-40-27-8-5-20(18-9-12-36-13-10-18)14-25(27)30(39-40)31(35)42/h1-14,22-24H,15-17H2,(H2,35,42)(H,38,43). The fourth-order valence-corrected chi connectivity index (χ4v) is 5.79. The highest BCUT2D eigenvalue weighted by Crippen LogP contribution is 2.37. The number of Topliss-reactive ketones (excluding diaryl/α,β-unsaturated/α-hetero) is 1. The molecule has 6 rings (SSSR count). The van der Waals surface area contributed by atoms with E-state index in [1.165, 1.54) is 4.68 Å². The first-order chi connectivity index (χ1) is 20.8. The van der Waals surface area contributed by atoms with Crippen molar-refractivity contribution in [1.29, 1.82) is 0 Å². The number of amides is 2. The number of benzene rings is 2. The Labute approximate surface area is 250 Å². The summed E-state index contributed by atoms with van der Waals surface area (Å²) < 4.78 is 16.1. The summed E-state index contributed by atoms with van der Waals surface area (Å²) >= 11 is 6.02. The molecule has 11 heteroatoms. The monoisotopic (exact) mass is 596 g/mol. The summed E-state index contributed by atoms with van der Waals surface area (Å²) in [6.45, 7) is -0.248. The molecule has 1 aliphatic rings. The van der Waals surface area contributed by atoms with Crippen molar-refractivity contribution in [2.24, 2.45) is 17.6 Å². The van der Waals surface area contributed by atoms with Crippen molar-refractivity contribution in [1.82, 2.24) is 19.7 Å². The molecule has 1 fully saturated rings. The molecule has 3 heterocycles. The maximum Gasteiger partial charge on any atom is 0.269 e. The Balaban J connectivity index is 1.25. The number of carbonyl (C=O) groups excluding carboxylic acids is 3. The van der Waals surface area contributed by atoms with E-state index in [1.807, 2.05) is 18.2 Å². The van der Waals surface area contributed by atoms with Gasteiger partial charge in [-0.15, -0.1) is 0 Å². The number of aromatic nitrogens is 4. The van der Waals surface area contributed by atoms with Crippen LogP contribution in [0.15, 0.2) is 85.3 Å². The molecule has 5 aromatic rings. The van der Waals surface area contributed by atoms with Gasteiger partial charge in [-0.1, -0.05) is 29.8 Å².